The highest BCUT2D eigenvalue weighted by Gasteiger charge is 2.20. The van der Waals surface area contributed by atoms with Crippen LogP contribution in [0.5, 0.6) is 0 Å². The molecule has 0 saturated carbocycles. The van der Waals surface area contributed by atoms with Crippen molar-refractivity contribution < 1.29 is 0 Å². The zero-order valence-electron chi connectivity index (χ0n) is 10.4. The monoisotopic (exact) mass is 271 g/mol. The summed E-state index contributed by atoms with van der Waals surface area (Å²) in [5, 5.41) is 18.9. The molecule has 0 fully saturated rings. The lowest BCUT2D eigenvalue weighted by molar-refractivity contribution is 0.867. The van der Waals surface area contributed by atoms with Crippen molar-refractivity contribution in [3.8, 4) is 6.07 Å². The third kappa shape index (κ3) is 3.36. The molecule has 2 rings (SSSR count). The highest BCUT2D eigenvalue weighted by atomic mass is 32.1. The number of aromatic nitrogens is 3. The minimum Gasteiger partial charge on any atom is -0.374 e. The van der Waals surface area contributed by atoms with Crippen LogP contribution in [0.25, 0.3) is 0 Å². The Morgan fingerprint density at radius 3 is 2.79 bits per heavy atom. The Bertz CT molecular complexity index is 599. The van der Waals surface area contributed by atoms with E-state index in [1.54, 1.807) is 6.92 Å². The van der Waals surface area contributed by atoms with Gasteiger partial charge in [-0.2, -0.15) is 10.4 Å². The maximum atomic E-state index is 9.18. The summed E-state index contributed by atoms with van der Waals surface area (Å²) >= 11 is 5.24. The molecule has 0 aliphatic heterocycles. The third-order valence-corrected chi connectivity index (χ3v) is 2.95. The summed E-state index contributed by atoms with van der Waals surface area (Å²) in [5.41, 5.74) is 1.10. The van der Waals surface area contributed by atoms with Crippen molar-refractivity contribution in [3.63, 3.8) is 0 Å². The van der Waals surface area contributed by atoms with Gasteiger partial charge in [0.15, 0.2) is 11.7 Å². The molecule has 0 aliphatic carbocycles. The Balaban J connectivity index is 2.00. The van der Waals surface area contributed by atoms with Crippen LogP contribution in [0.1, 0.15) is 23.1 Å². The summed E-state index contributed by atoms with van der Waals surface area (Å²) in [6.45, 7) is 2.37. The van der Waals surface area contributed by atoms with Gasteiger partial charge in [-0.1, -0.05) is 42.5 Å². The summed E-state index contributed by atoms with van der Waals surface area (Å²) in [5.74, 6) is 0.454. The molecule has 0 spiro atoms. The van der Waals surface area contributed by atoms with Gasteiger partial charge in [0.05, 0.1) is 6.07 Å². The maximum Gasteiger partial charge on any atom is 0.174 e. The van der Waals surface area contributed by atoms with Crippen LogP contribution >= 0.6 is 12.2 Å². The van der Waals surface area contributed by atoms with Gasteiger partial charge in [0.2, 0.25) is 0 Å². The fourth-order valence-corrected chi connectivity index (χ4v) is 1.84. The molecule has 0 aliphatic rings. The topological polar surface area (TPSA) is 77.4 Å². The molecular weight excluding hydrogens is 258 g/mol. The molecule has 6 heteroatoms. The van der Waals surface area contributed by atoms with Gasteiger partial charge in [-0.25, -0.2) is 4.98 Å². The molecule has 1 aromatic heterocycles. The molecule has 1 atom stereocenters. The average Bonchev–Trinajstić information content (AvgIpc) is 2.85. The molecule has 1 heterocycles. The second-order valence-electron chi connectivity index (χ2n) is 4.04. The number of hydrogen-bond acceptors (Lipinski definition) is 4. The lowest BCUT2D eigenvalue weighted by atomic mass is 10.1. The Labute approximate surface area is 116 Å². The smallest absolute Gasteiger partial charge is 0.174 e. The Morgan fingerprint density at radius 1 is 1.47 bits per heavy atom. The van der Waals surface area contributed by atoms with Gasteiger partial charge in [0, 0.05) is 6.54 Å². The summed E-state index contributed by atoms with van der Waals surface area (Å²) < 4.78 is 0. The second-order valence-corrected chi connectivity index (χ2v) is 4.48. The van der Waals surface area contributed by atoms with E-state index in [-0.39, 0.29) is 0 Å². The number of nitrogens with zero attached hydrogens (tertiary/aromatic N) is 3. The lowest BCUT2D eigenvalue weighted by Crippen LogP contribution is -2.27. The summed E-state index contributed by atoms with van der Waals surface area (Å²) in [6, 6.07) is 12.0. The molecule has 5 nitrogen and oxygen atoms in total. The number of aryl methyl sites for hydroxylation is 1. The molecule has 96 valence electrons. The number of thiocarbonyl (C=S) groups is 1. The molecule has 19 heavy (non-hydrogen) atoms. The van der Waals surface area contributed by atoms with Gasteiger partial charge in [-0.05, 0) is 12.5 Å². The van der Waals surface area contributed by atoms with Gasteiger partial charge in [-0.3, -0.25) is 5.10 Å². The Hall–Kier alpha value is -2.26. The first-order chi connectivity index (χ1) is 9.20. The minimum absolute atomic E-state index is 0.408. The van der Waals surface area contributed by atoms with Crippen LogP contribution in [-0.4, -0.2) is 20.2 Å². The number of rotatable bonds is 4. The van der Waals surface area contributed by atoms with E-state index in [9.17, 15) is 5.26 Å². The predicted octanol–water partition coefficient (Wildman–Crippen LogP) is 1.84. The Kier molecular flexibility index (Phi) is 4.21. The van der Waals surface area contributed by atoms with Crippen molar-refractivity contribution in [1.29, 1.82) is 5.26 Å². The number of H-pyrrole nitrogens is 1. The van der Waals surface area contributed by atoms with E-state index in [2.05, 4.69) is 26.6 Å². The molecular formula is C13H13N5S. The maximum absolute atomic E-state index is 9.18. The van der Waals surface area contributed by atoms with E-state index in [1.807, 2.05) is 30.3 Å². The fourth-order valence-electron chi connectivity index (χ4n) is 1.61. The van der Waals surface area contributed by atoms with E-state index in [1.165, 1.54) is 0 Å². The van der Waals surface area contributed by atoms with Crippen LogP contribution in [0.3, 0.4) is 0 Å². The molecule has 0 saturated heterocycles. The molecule has 2 aromatic rings. The molecule has 0 radical (unpaired) electrons. The standard InChI is InChI=1S/C13H13N5S/c1-9-16-12(18-17-9)11(7-14)13(19)15-8-10-5-3-2-4-6-10/h2-6,11H,8H2,1H3,(H,15,19)(H,16,17,18). The summed E-state index contributed by atoms with van der Waals surface area (Å²) in [7, 11) is 0. The number of nitrogens with one attached hydrogen (secondary N) is 2. The minimum atomic E-state index is -0.622. The van der Waals surface area contributed by atoms with Gasteiger partial charge in [0.25, 0.3) is 0 Å². The number of benzene rings is 1. The van der Waals surface area contributed by atoms with Crippen molar-refractivity contribution in [3.05, 3.63) is 47.5 Å². The quantitative estimate of drug-likeness (QED) is 0.830. The second kappa shape index (κ2) is 6.07. The molecule has 1 aromatic carbocycles. The first-order valence-electron chi connectivity index (χ1n) is 5.81. The van der Waals surface area contributed by atoms with Crippen LogP contribution in [0.2, 0.25) is 0 Å². The van der Waals surface area contributed by atoms with Crippen molar-refractivity contribution in [2.75, 3.05) is 0 Å². The van der Waals surface area contributed by atoms with Crippen LogP contribution in [0, 0.1) is 18.3 Å². The van der Waals surface area contributed by atoms with Crippen LogP contribution in [-0.2, 0) is 6.54 Å². The fraction of sp³-hybridized carbons (Fsp3) is 0.231. The largest absolute Gasteiger partial charge is 0.374 e. The van der Waals surface area contributed by atoms with Gasteiger partial charge >= 0.3 is 0 Å². The third-order valence-electron chi connectivity index (χ3n) is 2.57. The molecule has 2 N–H and O–H groups in total. The Morgan fingerprint density at radius 2 is 2.21 bits per heavy atom. The van der Waals surface area contributed by atoms with Gasteiger partial charge in [0.1, 0.15) is 10.8 Å². The summed E-state index contributed by atoms with van der Waals surface area (Å²) in [6.07, 6.45) is 0. The van der Waals surface area contributed by atoms with E-state index in [4.69, 9.17) is 12.2 Å². The summed E-state index contributed by atoms with van der Waals surface area (Å²) in [4.78, 5) is 4.58. The lowest BCUT2D eigenvalue weighted by Gasteiger charge is -2.10. The van der Waals surface area contributed by atoms with Crippen molar-refractivity contribution in [2.24, 2.45) is 0 Å². The molecule has 0 amide bonds. The highest BCUT2D eigenvalue weighted by molar-refractivity contribution is 7.80. The van der Waals surface area contributed by atoms with Crippen LogP contribution in [0.15, 0.2) is 30.3 Å². The molecule has 1 unspecified atom stereocenters. The number of aromatic amines is 1. The van der Waals surface area contributed by atoms with Crippen molar-refractivity contribution >= 4 is 17.2 Å². The first kappa shape index (κ1) is 13.2. The van der Waals surface area contributed by atoms with Crippen molar-refractivity contribution in [1.82, 2.24) is 20.5 Å². The molecule has 0 bridgehead atoms. The van der Waals surface area contributed by atoms with Gasteiger partial charge in [-0.15, -0.1) is 0 Å². The first-order valence-corrected chi connectivity index (χ1v) is 6.21. The van der Waals surface area contributed by atoms with E-state index < -0.39 is 5.92 Å². The zero-order valence-corrected chi connectivity index (χ0v) is 11.2. The van der Waals surface area contributed by atoms with Crippen molar-refractivity contribution in [2.45, 2.75) is 19.4 Å². The van der Waals surface area contributed by atoms with E-state index in [0.717, 1.165) is 5.56 Å². The highest BCUT2D eigenvalue weighted by Crippen LogP contribution is 2.11. The predicted molar refractivity (Wildman–Crippen MR) is 75.4 cm³/mol. The average molecular weight is 271 g/mol. The van der Waals surface area contributed by atoms with E-state index >= 15 is 0 Å². The van der Waals surface area contributed by atoms with Crippen LogP contribution < -0.4 is 5.32 Å². The SMILES string of the molecule is Cc1nc(C(C#N)C(=S)NCc2ccccc2)n[nH]1. The number of hydrogen-bond donors (Lipinski definition) is 2. The number of nitriles is 1. The normalized spacial score (nSPS) is 11.6. The van der Waals surface area contributed by atoms with E-state index in [0.29, 0.717) is 23.2 Å². The zero-order chi connectivity index (χ0) is 13.7. The van der Waals surface area contributed by atoms with Gasteiger partial charge < -0.3 is 5.32 Å². The van der Waals surface area contributed by atoms with Crippen LogP contribution in [0.4, 0.5) is 0 Å².